The van der Waals surface area contributed by atoms with Crippen LogP contribution >= 0.6 is 27.5 Å². The van der Waals surface area contributed by atoms with E-state index in [-0.39, 0.29) is 5.78 Å². The number of carbonyl (C=O) groups excluding carboxylic acids is 1. The van der Waals surface area contributed by atoms with Crippen LogP contribution in [0.2, 0.25) is 5.02 Å². The largest absolute Gasteiger partial charge is 0.289 e. The van der Waals surface area contributed by atoms with Gasteiger partial charge in [0.1, 0.15) is 5.82 Å². The summed E-state index contributed by atoms with van der Waals surface area (Å²) in [7, 11) is 0. The molecule has 0 heterocycles. The van der Waals surface area contributed by atoms with E-state index in [9.17, 15) is 9.18 Å². The molecule has 86 valence electrons. The molecule has 0 unspecified atom stereocenters. The summed E-state index contributed by atoms with van der Waals surface area (Å²) in [6.07, 6.45) is 0. The highest BCUT2D eigenvalue weighted by Gasteiger charge is 2.10. The van der Waals surface area contributed by atoms with Crippen LogP contribution in [-0.4, -0.2) is 5.78 Å². The molecule has 4 heteroatoms. The minimum absolute atomic E-state index is 0.229. The van der Waals surface area contributed by atoms with Crippen LogP contribution < -0.4 is 0 Å². The Morgan fingerprint density at radius 3 is 2.24 bits per heavy atom. The Bertz CT molecular complexity index is 566. The molecule has 0 amide bonds. The predicted molar refractivity (Wildman–Crippen MR) is 69.0 cm³/mol. The molecule has 1 nitrogen and oxygen atoms in total. The maximum Gasteiger partial charge on any atom is 0.193 e. The van der Waals surface area contributed by atoms with Gasteiger partial charge in [0.2, 0.25) is 0 Å². The smallest absolute Gasteiger partial charge is 0.193 e. The summed E-state index contributed by atoms with van der Waals surface area (Å²) < 4.78 is 13.6. The molecule has 2 aromatic rings. The van der Waals surface area contributed by atoms with Gasteiger partial charge in [-0.05, 0) is 58.4 Å². The van der Waals surface area contributed by atoms with E-state index in [0.717, 1.165) is 0 Å². The number of rotatable bonds is 2. The lowest BCUT2D eigenvalue weighted by atomic mass is 10.0. The molecule has 0 aromatic heterocycles. The molecule has 0 N–H and O–H groups in total. The van der Waals surface area contributed by atoms with Crippen LogP contribution in [0, 0.1) is 5.82 Å². The molecule has 0 radical (unpaired) electrons. The minimum Gasteiger partial charge on any atom is -0.289 e. The minimum atomic E-state index is -0.454. The molecule has 2 rings (SSSR count). The van der Waals surface area contributed by atoms with Crippen LogP contribution in [0.5, 0.6) is 0 Å². The molecule has 0 aliphatic rings. The number of benzene rings is 2. The van der Waals surface area contributed by atoms with E-state index in [1.54, 1.807) is 30.3 Å². The van der Waals surface area contributed by atoms with Gasteiger partial charge in [0.05, 0.1) is 4.47 Å². The van der Waals surface area contributed by atoms with Gasteiger partial charge < -0.3 is 0 Å². The quantitative estimate of drug-likeness (QED) is 0.748. The maximum absolute atomic E-state index is 13.3. The van der Waals surface area contributed by atoms with E-state index < -0.39 is 5.82 Å². The Hall–Kier alpha value is -1.19. The van der Waals surface area contributed by atoms with Crippen molar-refractivity contribution in [3.63, 3.8) is 0 Å². The van der Waals surface area contributed by atoms with Crippen molar-refractivity contribution in [1.29, 1.82) is 0 Å². The van der Waals surface area contributed by atoms with E-state index in [1.807, 2.05) is 0 Å². The predicted octanol–water partition coefficient (Wildman–Crippen LogP) is 4.47. The van der Waals surface area contributed by atoms with Crippen LogP contribution in [0.1, 0.15) is 15.9 Å². The monoisotopic (exact) mass is 312 g/mol. The molecule has 0 saturated carbocycles. The van der Waals surface area contributed by atoms with Gasteiger partial charge >= 0.3 is 0 Å². The van der Waals surface area contributed by atoms with Gasteiger partial charge in [-0.1, -0.05) is 11.6 Å². The van der Waals surface area contributed by atoms with Crippen LogP contribution in [0.25, 0.3) is 0 Å². The highest BCUT2D eigenvalue weighted by molar-refractivity contribution is 9.10. The van der Waals surface area contributed by atoms with Crippen LogP contribution in [0.15, 0.2) is 46.9 Å². The zero-order chi connectivity index (χ0) is 12.4. The lowest BCUT2D eigenvalue weighted by molar-refractivity contribution is 0.103. The van der Waals surface area contributed by atoms with Crippen molar-refractivity contribution in [3.05, 3.63) is 68.9 Å². The van der Waals surface area contributed by atoms with Gasteiger partial charge in [-0.2, -0.15) is 0 Å². The van der Waals surface area contributed by atoms with Gasteiger partial charge in [0.25, 0.3) is 0 Å². The van der Waals surface area contributed by atoms with E-state index in [0.29, 0.717) is 20.6 Å². The first-order valence-corrected chi connectivity index (χ1v) is 6.00. The van der Waals surface area contributed by atoms with Crippen molar-refractivity contribution in [3.8, 4) is 0 Å². The summed E-state index contributed by atoms with van der Waals surface area (Å²) in [5.41, 5.74) is 0.796. The molecule has 0 aliphatic heterocycles. The van der Waals surface area contributed by atoms with Crippen LogP contribution in [0.4, 0.5) is 4.39 Å². The Labute approximate surface area is 111 Å². The Kier molecular flexibility index (Phi) is 3.60. The lowest BCUT2D eigenvalue weighted by Crippen LogP contribution is -2.01. The number of hydrogen-bond acceptors (Lipinski definition) is 1. The molecule has 2 aromatic carbocycles. The highest BCUT2D eigenvalue weighted by Crippen LogP contribution is 2.19. The van der Waals surface area contributed by atoms with Crippen molar-refractivity contribution < 1.29 is 9.18 Å². The fraction of sp³-hybridized carbons (Fsp3) is 0. The molecular weight excluding hydrogens is 306 g/mol. The summed E-state index contributed by atoms with van der Waals surface area (Å²) in [4.78, 5) is 12.0. The number of hydrogen-bond donors (Lipinski definition) is 0. The standard InChI is InChI=1S/C13H7BrClFO/c14-11-6-3-9(7-12(11)16)13(17)8-1-4-10(15)5-2-8/h1-7H. The Balaban J connectivity index is 2.37. The van der Waals surface area contributed by atoms with E-state index in [1.165, 1.54) is 12.1 Å². The van der Waals surface area contributed by atoms with Crippen molar-refractivity contribution in [1.82, 2.24) is 0 Å². The first-order valence-electron chi connectivity index (χ1n) is 4.83. The van der Waals surface area contributed by atoms with Crippen LogP contribution in [0.3, 0.4) is 0 Å². The Morgan fingerprint density at radius 2 is 1.65 bits per heavy atom. The second-order valence-corrected chi connectivity index (χ2v) is 4.76. The average Bonchev–Trinajstić information content (AvgIpc) is 2.33. The molecule has 0 spiro atoms. The van der Waals surface area contributed by atoms with Gasteiger partial charge in [-0.15, -0.1) is 0 Å². The molecule has 0 bridgehead atoms. The summed E-state index contributed by atoms with van der Waals surface area (Å²) in [5, 5.41) is 0.559. The SMILES string of the molecule is O=C(c1ccc(Cl)cc1)c1ccc(Br)c(F)c1. The third-order valence-electron chi connectivity index (χ3n) is 2.29. The van der Waals surface area contributed by atoms with Crippen molar-refractivity contribution in [2.75, 3.05) is 0 Å². The summed E-state index contributed by atoms with van der Waals surface area (Å²) in [5.74, 6) is -0.683. The van der Waals surface area contributed by atoms with Crippen molar-refractivity contribution in [2.24, 2.45) is 0 Å². The summed E-state index contributed by atoms with van der Waals surface area (Å²) >= 11 is 8.77. The van der Waals surface area contributed by atoms with E-state index >= 15 is 0 Å². The number of halogens is 3. The number of ketones is 1. The third kappa shape index (κ3) is 2.73. The van der Waals surface area contributed by atoms with E-state index in [4.69, 9.17) is 11.6 Å². The maximum atomic E-state index is 13.3. The Morgan fingerprint density at radius 1 is 1.06 bits per heavy atom. The van der Waals surface area contributed by atoms with Gasteiger partial charge in [-0.3, -0.25) is 4.79 Å². The normalized spacial score (nSPS) is 10.3. The molecule has 0 atom stereocenters. The molecule has 0 fully saturated rings. The third-order valence-corrected chi connectivity index (χ3v) is 3.18. The number of carbonyl (C=O) groups is 1. The fourth-order valence-electron chi connectivity index (χ4n) is 1.41. The molecule has 0 aliphatic carbocycles. The molecule has 17 heavy (non-hydrogen) atoms. The average molecular weight is 314 g/mol. The zero-order valence-corrected chi connectivity index (χ0v) is 10.9. The van der Waals surface area contributed by atoms with Crippen molar-refractivity contribution >= 4 is 33.3 Å². The van der Waals surface area contributed by atoms with Crippen molar-refractivity contribution in [2.45, 2.75) is 0 Å². The topological polar surface area (TPSA) is 17.1 Å². The summed E-state index contributed by atoms with van der Waals surface area (Å²) in [6, 6.07) is 10.8. The van der Waals surface area contributed by atoms with Gasteiger partial charge in [-0.25, -0.2) is 4.39 Å². The molecular formula is C13H7BrClFO. The lowest BCUT2D eigenvalue weighted by Gasteiger charge is -2.02. The summed E-state index contributed by atoms with van der Waals surface area (Å²) in [6.45, 7) is 0. The second-order valence-electron chi connectivity index (χ2n) is 3.46. The zero-order valence-electron chi connectivity index (χ0n) is 8.58. The fourth-order valence-corrected chi connectivity index (χ4v) is 1.78. The first-order chi connectivity index (χ1) is 8.08. The first kappa shape index (κ1) is 12.3. The van der Waals surface area contributed by atoms with Gasteiger partial charge in [0.15, 0.2) is 5.78 Å². The van der Waals surface area contributed by atoms with Gasteiger partial charge in [0, 0.05) is 16.1 Å². The molecule has 0 saturated heterocycles. The second kappa shape index (κ2) is 4.98. The highest BCUT2D eigenvalue weighted by atomic mass is 79.9. The van der Waals surface area contributed by atoms with Crippen LogP contribution in [-0.2, 0) is 0 Å². The van der Waals surface area contributed by atoms with E-state index in [2.05, 4.69) is 15.9 Å².